The standard InChI is InChI=1S/C22H18N2O6S/c25-21(26)11-18(19-9-10-20(31-19)24(28)29)23-22(27)30-12-17-15-7-3-1-5-13(15)14-6-2-4-8-16(14)17/h1-10,17-18H,11-12H2,(H,23,27)(H,25,26)/t18-/m1/s1. The molecule has 0 radical (unpaired) electrons. The molecule has 4 rings (SSSR count). The molecular formula is C22H18N2O6S. The van der Waals surface area contributed by atoms with Crippen LogP contribution in [-0.4, -0.2) is 28.7 Å². The Morgan fingerprint density at radius 3 is 2.23 bits per heavy atom. The normalized spacial score (nSPS) is 13.2. The van der Waals surface area contributed by atoms with Crippen molar-refractivity contribution in [2.24, 2.45) is 0 Å². The van der Waals surface area contributed by atoms with Crippen molar-refractivity contribution in [3.8, 4) is 11.1 Å². The number of nitrogens with zero attached hydrogens (tertiary/aromatic N) is 1. The zero-order valence-corrected chi connectivity index (χ0v) is 17.0. The van der Waals surface area contributed by atoms with Crippen molar-refractivity contribution >= 4 is 28.4 Å². The van der Waals surface area contributed by atoms with E-state index in [1.807, 2.05) is 48.5 Å². The second-order valence-electron chi connectivity index (χ2n) is 7.05. The van der Waals surface area contributed by atoms with Crippen LogP contribution in [0.15, 0.2) is 60.7 Å². The van der Waals surface area contributed by atoms with E-state index in [0.717, 1.165) is 33.6 Å². The minimum Gasteiger partial charge on any atom is -0.481 e. The van der Waals surface area contributed by atoms with E-state index in [-0.39, 0.29) is 17.5 Å². The SMILES string of the molecule is O=C(O)C[C@@H](NC(=O)OCC1c2ccccc2-c2ccccc21)c1ccc([N+](=O)[O-])s1. The summed E-state index contributed by atoms with van der Waals surface area (Å²) in [6, 6.07) is 17.7. The van der Waals surface area contributed by atoms with E-state index in [0.29, 0.717) is 4.88 Å². The molecule has 0 saturated carbocycles. The Hall–Kier alpha value is -3.72. The Bertz CT molecular complexity index is 1110. The lowest BCUT2D eigenvalue weighted by atomic mass is 9.98. The van der Waals surface area contributed by atoms with Gasteiger partial charge in [0.1, 0.15) is 6.61 Å². The average Bonchev–Trinajstić information content (AvgIpc) is 3.35. The number of hydrogen-bond donors (Lipinski definition) is 2. The van der Waals surface area contributed by atoms with Crippen molar-refractivity contribution in [2.45, 2.75) is 18.4 Å². The fourth-order valence-electron chi connectivity index (χ4n) is 3.81. The summed E-state index contributed by atoms with van der Waals surface area (Å²) in [5.41, 5.74) is 4.32. The molecule has 0 unspecified atom stereocenters. The fraction of sp³-hybridized carbons (Fsp3) is 0.182. The first kappa shape index (κ1) is 20.5. The molecule has 3 aromatic rings. The van der Waals surface area contributed by atoms with Crippen molar-refractivity contribution in [3.63, 3.8) is 0 Å². The lowest BCUT2D eigenvalue weighted by molar-refractivity contribution is -0.380. The van der Waals surface area contributed by atoms with Gasteiger partial charge in [0.2, 0.25) is 0 Å². The third kappa shape index (κ3) is 4.26. The van der Waals surface area contributed by atoms with Crippen LogP contribution in [0, 0.1) is 10.1 Å². The molecule has 1 amide bonds. The predicted octanol–water partition coefficient (Wildman–Crippen LogP) is 4.71. The Kier molecular flexibility index (Phi) is 5.68. The van der Waals surface area contributed by atoms with Crippen LogP contribution in [-0.2, 0) is 9.53 Å². The molecule has 1 atom stereocenters. The van der Waals surface area contributed by atoms with Gasteiger partial charge in [0.25, 0.3) is 0 Å². The number of carbonyl (C=O) groups excluding carboxylic acids is 1. The number of hydrogen-bond acceptors (Lipinski definition) is 6. The molecule has 8 nitrogen and oxygen atoms in total. The van der Waals surface area contributed by atoms with Gasteiger partial charge in [-0.1, -0.05) is 59.9 Å². The molecule has 158 valence electrons. The van der Waals surface area contributed by atoms with Crippen LogP contribution in [0.5, 0.6) is 0 Å². The molecule has 9 heteroatoms. The quantitative estimate of drug-likeness (QED) is 0.407. The zero-order chi connectivity index (χ0) is 22.0. The van der Waals surface area contributed by atoms with E-state index in [1.165, 1.54) is 12.1 Å². The van der Waals surface area contributed by atoms with Crippen LogP contribution in [0.3, 0.4) is 0 Å². The Balaban J connectivity index is 1.47. The highest BCUT2D eigenvalue weighted by molar-refractivity contribution is 7.15. The molecule has 1 heterocycles. The third-order valence-electron chi connectivity index (χ3n) is 5.15. The first-order chi connectivity index (χ1) is 14.9. The van der Waals surface area contributed by atoms with E-state index >= 15 is 0 Å². The number of fused-ring (bicyclic) bond motifs is 3. The molecule has 1 aromatic heterocycles. The lowest BCUT2D eigenvalue weighted by Crippen LogP contribution is -2.31. The molecule has 1 aliphatic carbocycles. The maximum absolute atomic E-state index is 12.5. The Morgan fingerprint density at radius 2 is 1.68 bits per heavy atom. The summed E-state index contributed by atoms with van der Waals surface area (Å²) in [5.74, 6) is -1.26. The highest BCUT2D eigenvalue weighted by Crippen LogP contribution is 2.44. The number of aliphatic carboxylic acids is 1. The van der Waals surface area contributed by atoms with E-state index < -0.39 is 29.4 Å². The molecule has 31 heavy (non-hydrogen) atoms. The van der Waals surface area contributed by atoms with Gasteiger partial charge in [0.05, 0.1) is 17.4 Å². The zero-order valence-electron chi connectivity index (χ0n) is 16.2. The smallest absolute Gasteiger partial charge is 0.407 e. The average molecular weight is 438 g/mol. The minimum absolute atomic E-state index is 0.0875. The van der Waals surface area contributed by atoms with Gasteiger partial charge in [-0.05, 0) is 28.3 Å². The largest absolute Gasteiger partial charge is 0.481 e. The molecule has 0 fully saturated rings. The number of carbonyl (C=O) groups is 2. The first-order valence-corrected chi connectivity index (χ1v) is 10.3. The second-order valence-corrected chi connectivity index (χ2v) is 8.15. The van der Waals surface area contributed by atoms with Crippen LogP contribution in [0.2, 0.25) is 0 Å². The second kappa shape index (κ2) is 8.57. The van der Waals surface area contributed by atoms with Gasteiger partial charge >= 0.3 is 17.1 Å². The summed E-state index contributed by atoms with van der Waals surface area (Å²) in [5, 5.41) is 22.5. The number of rotatable bonds is 7. The van der Waals surface area contributed by atoms with Crippen LogP contribution in [0.4, 0.5) is 9.80 Å². The Morgan fingerprint density at radius 1 is 1.06 bits per heavy atom. The summed E-state index contributed by atoms with van der Waals surface area (Å²) in [4.78, 5) is 34.4. The van der Waals surface area contributed by atoms with Crippen LogP contribution in [0.25, 0.3) is 11.1 Å². The Labute approximate surface area is 181 Å². The topological polar surface area (TPSA) is 119 Å². The first-order valence-electron chi connectivity index (χ1n) is 9.51. The number of nitro groups is 1. The summed E-state index contributed by atoms with van der Waals surface area (Å²) in [7, 11) is 0. The number of carboxylic acids is 1. The van der Waals surface area contributed by atoms with Crippen LogP contribution < -0.4 is 5.32 Å². The maximum atomic E-state index is 12.5. The number of benzene rings is 2. The minimum atomic E-state index is -1.14. The molecule has 2 aromatic carbocycles. The van der Waals surface area contributed by atoms with Crippen molar-refractivity contribution in [1.82, 2.24) is 5.32 Å². The van der Waals surface area contributed by atoms with Gasteiger partial charge in [0, 0.05) is 16.9 Å². The molecule has 0 spiro atoms. The van der Waals surface area contributed by atoms with Crippen molar-refractivity contribution < 1.29 is 24.4 Å². The lowest BCUT2D eigenvalue weighted by Gasteiger charge is -2.18. The van der Waals surface area contributed by atoms with Gasteiger partial charge < -0.3 is 15.2 Å². The molecule has 0 saturated heterocycles. The predicted molar refractivity (Wildman–Crippen MR) is 114 cm³/mol. The van der Waals surface area contributed by atoms with Gasteiger partial charge in [-0.3, -0.25) is 14.9 Å². The number of nitrogens with one attached hydrogen (secondary N) is 1. The van der Waals surface area contributed by atoms with E-state index in [9.17, 15) is 24.8 Å². The summed E-state index contributed by atoms with van der Waals surface area (Å²) >= 11 is 0.825. The third-order valence-corrected chi connectivity index (χ3v) is 6.30. The van der Waals surface area contributed by atoms with E-state index in [4.69, 9.17) is 4.74 Å². The van der Waals surface area contributed by atoms with Gasteiger partial charge in [-0.25, -0.2) is 4.79 Å². The molecule has 1 aliphatic rings. The van der Waals surface area contributed by atoms with Crippen molar-refractivity contribution in [1.29, 1.82) is 0 Å². The summed E-state index contributed by atoms with van der Waals surface area (Å²) in [6.07, 6.45) is -1.19. The van der Waals surface area contributed by atoms with E-state index in [1.54, 1.807) is 0 Å². The number of carboxylic acid groups (broad SMARTS) is 1. The van der Waals surface area contributed by atoms with Gasteiger partial charge in [0.15, 0.2) is 0 Å². The fourth-order valence-corrected chi connectivity index (χ4v) is 4.68. The summed E-state index contributed by atoms with van der Waals surface area (Å²) < 4.78 is 5.46. The highest BCUT2D eigenvalue weighted by Gasteiger charge is 2.30. The molecule has 0 aliphatic heterocycles. The monoisotopic (exact) mass is 438 g/mol. The number of thiophene rings is 1. The maximum Gasteiger partial charge on any atom is 0.407 e. The van der Waals surface area contributed by atoms with Crippen molar-refractivity contribution in [3.05, 3.63) is 86.8 Å². The molecule has 0 bridgehead atoms. The highest BCUT2D eigenvalue weighted by atomic mass is 32.1. The van der Waals surface area contributed by atoms with Crippen molar-refractivity contribution in [2.75, 3.05) is 6.61 Å². The number of ether oxygens (including phenoxy) is 1. The summed E-state index contributed by atoms with van der Waals surface area (Å²) in [6.45, 7) is 0.0875. The van der Waals surface area contributed by atoms with Gasteiger partial charge in [-0.2, -0.15) is 0 Å². The van der Waals surface area contributed by atoms with Crippen LogP contribution >= 0.6 is 11.3 Å². The number of amides is 1. The van der Waals surface area contributed by atoms with Gasteiger partial charge in [-0.15, -0.1) is 0 Å². The van der Waals surface area contributed by atoms with Crippen LogP contribution in [0.1, 0.15) is 34.4 Å². The van der Waals surface area contributed by atoms with E-state index in [2.05, 4.69) is 5.32 Å². The number of alkyl carbamates (subject to hydrolysis) is 1. The molecular weight excluding hydrogens is 420 g/mol. The molecule has 2 N–H and O–H groups in total.